The number of likely N-dealkylation sites (N-methyl/N-ethyl adjacent to an activating group) is 1. The van der Waals surface area contributed by atoms with E-state index in [2.05, 4.69) is 6.92 Å². The number of hydrogen-bond donors (Lipinski definition) is 0. The van der Waals surface area contributed by atoms with Crippen LogP contribution in [0, 0.1) is 12.8 Å². The van der Waals surface area contributed by atoms with Gasteiger partial charge in [0.15, 0.2) is 0 Å². The second-order valence-corrected chi connectivity index (χ2v) is 7.89. The highest BCUT2D eigenvalue weighted by molar-refractivity contribution is 7.14. The number of carbonyl (C=O) groups is 3. The molecule has 144 valence electrons. The van der Waals surface area contributed by atoms with Gasteiger partial charge in [-0.2, -0.15) is 0 Å². The van der Waals surface area contributed by atoms with Gasteiger partial charge in [0.1, 0.15) is 0 Å². The van der Waals surface area contributed by atoms with Crippen LogP contribution >= 0.6 is 11.3 Å². The van der Waals surface area contributed by atoms with Crippen LogP contribution in [0.15, 0.2) is 6.07 Å². The van der Waals surface area contributed by atoms with Crippen molar-refractivity contribution in [1.29, 1.82) is 0 Å². The summed E-state index contributed by atoms with van der Waals surface area (Å²) in [4.78, 5) is 42.0. The van der Waals surface area contributed by atoms with E-state index in [0.29, 0.717) is 24.6 Å². The highest BCUT2D eigenvalue weighted by atomic mass is 32.1. The molecule has 26 heavy (non-hydrogen) atoms. The van der Waals surface area contributed by atoms with E-state index >= 15 is 0 Å². The molecular weight excluding hydrogens is 352 g/mol. The Hall–Kier alpha value is -1.89. The number of hydrogen-bond acceptors (Lipinski definition) is 5. The Morgan fingerprint density at radius 1 is 1.35 bits per heavy atom. The molecule has 0 aliphatic carbocycles. The molecule has 1 fully saturated rings. The molecule has 1 atom stereocenters. The fourth-order valence-corrected chi connectivity index (χ4v) is 4.30. The molecule has 0 aromatic carbocycles. The fraction of sp³-hybridized carbons (Fsp3) is 0.632. The summed E-state index contributed by atoms with van der Waals surface area (Å²) in [5.74, 6) is -0.764. The third-order valence-electron chi connectivity index (χ3n) is 4.73. The zero-order chi connectivity index (χ0) is 19.3. The topological polar surface area (TPSA) is 66.9 Å². The molecule has 1 aromatic heterocycles. The van der Waals surface area contributed by atoms with Crippen LogP contribution in [0.4, 0.5) is 0 Å². The molecule has 2 rings (SSSR count). The van der Waals surface area contributed by atoms with Crippen LogP contribution in [0.3, 0.4) is 0 Å². The predicted molar refractivity (Wildman–Crippen MR) is 101 cm³/mol. The quantitative estimate of drug-likeness (QED) is 0.711. The van der Waals surface area contributed by atoms with E-state index in [1.807, 2.05) is 13.0 Å². The summed E-state index contributed by atoms with van der Waals surface area (Å²) in [7, 11) is 1.65. The SMILES string of the molecule is CCOC(=O)C1CCCN(C(=O)CN(C)C(=O)c2cc(CC)c(C)s2)C1. The van der Waals surface area contributed by atoms with E-state index in [-0.39, 0.29) is 30.2 Å². The number of esters is 1. The van der Waals surface area contributed by atoms with Gasteiger partial charge in [0.05, 0.1) is 23.9 Å². The highest BCUT2D eigenvalue weighted by Gasteiger charge is 2.30. The zero-order valence-electron chi connectivity index (χ0n) is 16.0. The van der Waals surface area contributed by atoms with Gasteiger partial charge in [0.25, 0.3) is 5.91 Å². The van der Waals surface area contributed by atoms with Crippen LogP contribution in [-0.2, 0) is 20.7 Å². The van der Waals surface area contributed by atoms with Gasteiger partial charge in [-0.15, -0.1) is 11.3 Å². The molecule has 1 unspecified atom stereocenters. The summed E-state index contributed by atoms with van der Waals surface area (Å²) < 4.78 is 5.07. The lowest BCUT2D eigenvalue weighted by molar-refractivity contribution is -0.151. The van der Waals surface area contributed by atoms with Crippen molar-refractivity contribution in [1.82, 2.24) is 9.80 Å². The van der Waals surface area contributed by atoms with E-state index in [1.54, 1.807) is 18.9 Å². The van der Waals surface area contributed by atoms with Crippen molar-refractivity contribution in [2.75, 3.05) is 33.3 Å². The van der Waals surface area contributed by atoms with Gasteiger partial charge in [-0.1, -0.05) is 6.92 Å². The molecule has 2 amide bonds. The molecule has 1 aliphatic heterocycles. The summed E-state index contributed by atoms with van der Waals surface area (Å²) in [5.41, 5.74) is 1.17. The number of thiophene rings is 1. The minimum atomic E-state index is -0.263. The number of likely N-dealkylation sites (tertiary alicyclic amines) is 1. The number of aryl methyl sites for hydroxylation is 2. The minimum absolute atomic E-state index is 0.0206. The molecule has 7 heteroatoms. The number of carbonyl (C=O) groups excluding carboxylic acids is 3. The molecule has 0 radical (unpaired) electrons. The Balaban J connectivity index is 1.95. The van der Waals surface area contributed by atoms with Gasteiger partial charge >= 0.3 is 5.97 Å². The zero-order valence-corrected chi connectivity index (χ0v) is 16.9. The molecule has 0 saturated carbocycles. The number of amides is 2. The Labute approximate surface area is 159 Å². The number of rotatable bonds is 6. The lowest BCUT2D eigenvalue weighted by Gasteiger charge is -2.32. The maximum atomic E-state index is 12.6. The maximum absolute atomic E-state index is 12.6. The second-order valence-electron chi connectivity index (χ2n) is 6.64. The van der Waals surface area contributed by atoms with Crippen LogP contribution < -0.4 is 0 Å². The van der Waals surface area contributed by atoms with Gasteiger partial charge in [-0.05, 0) is 44.7 Å². The van der Waals surface area contributed by atoms with E-state index < -0.39 is 0 Å². The van der Waals surface area contributed by atoms with Crippen LogP contribution in [0.2, 0.25) is 0 Å². The Morgan fingerprint density at radius 2 is 2.08 bits per heavy atom. The van der Waals surface area contributed by atoms with Crippen molar-refractivity contribution >= 4 is 29.1 Å². The van der Waals surface area contributed by atoms with Crippen LogP contribution in [0.25, 0.3) is 0 Å². The van der Waals surface area contributed by atoms with E-state index in [4.69, 9.17) is 4.74 Å². The van der Waals surface area contributed by atoms with Crippen molar-refractivity contribution in [2.45, 2.75) is 40.0 Å². The van der Waals surface area contributed by atoms with Gasteiger partial charge in [-0.25, -0.2) is 0 Å². The maximum Gasteiger partial charge on any atom is 0.310 e. The molecule has 0 spiro atoms. The average Bonchev–Trinajstić information content (AvgIpc) is 3.02. The van der Waals surface area contributed by atoms with Crippen molar-refractivity contribution < 1.29 is 19.1 Å². The van der Waals surface area contributed by atoms with Gasteiger partial charge in [0.2, 0.25) is 5.91 Å². The predicted octanol–water partition coefficient (Wildman–Crippen LogP) is 2.49. The summed E-state index contributed by atoms with van der Waals surface area (Å²) >= 11 is 1.47. The van der Waals surface area contributed by atoms with E-state index in [1.165, 1.54) is 21.8 Å². The Bertz CT molecular complexity index is 670. The van der Waals surface area contributed by atoms with Crippen LogP contribution in [0.1, 0.15) is 46.8 Å². The molecule has 1 aromatic rings. The van der Waals surface area contributed by atoms with Gasteiger partial charge in [0, 0.05) is 25.0 Å². The average molecular weight is 381 g/mol. The molecule has 0 N–H and O–H groups in total. The lowest BCUT2D eigenvalue weighted by atomic mass is 9.98. The third kappa shape index (κ3) is 4.84. The first-order valence-electron chi connectivity index (χ1n) is 9.16. The summed E-state index contributed by atoms with van der Waals surface area (Å²) in [5, 5.41) is 0. The second kappa shape index (κ2) is 9.16. The fourth-order valence-electron chi connectivity index (χ4n) is 3.20. The molecule has 6 nitrogen and oxygen atoms in total. The smallest absolute Gasteiger partial charge is 0.310 e. The van der Waals surface area contributed by atoms with Crippen molar-refractivity contribution in [3.8, 4) is 0 Å². The molecule has 1 saturated heterocycles. The number of piperidine rings is 1. The van der Waals surface area contributed by atoms with Gasteiger partial charge < -0.3 is 14.5 Å². The molecule has 1 aliphatic rings. The summed E-state index contributed by atoms with van der Waals surface area (Å²) in [6.07, 6.45) is 2.41. The lowest BCUT2D eigenvalue weighted by Crippen LogP contribution is -2.47. The standard InChI is InChI=1S/C19H28N2O4S/c1-5-14-10-16(26-13(14)3)18(23)20(4)12-17(22)21-9-7-8-15(11-21)19(24)25-6-2/h10,15H,5-9,11-12H2,1-4H3. The molecular formula is C19H28N2O4S. The first kappa shape index (κ1) is 20.4. The van der Waals surface area contributed by atoms with Crippen LogP contribution in [-0.4, -0.2) is 60.9 Å². The first-order chi connectivity index (χ1) is 12.4. The van der Waals surface area contributed by atoms with Gasteiger partial charge in [-0.3, -0.25) is 14.4 Å². The Morgan fingerprint density at radius 3 is 2.69 bits per heavy atom. The normalized spacial score (nSPS) is 17.1. The monoisotopic (exact) mass is 380 g/mol. The molecule has 0 bridgehead atoms. The molecule has 2 heterocycles. The van der Waals surface area contributed by atoms with Crippen molar-refractivity contribution in [3.63, 3.8) is 0 Å². The van der Waals surface area contributed by atoms with E-state index in [0.717, 1.165) is 24.1 Å². The largest absolute Gasteiger partial charge is 0.466 e. The summed E-state index contributed by atoms with van der Waals surface area (Å²) in [6.45, 7) is 7.21. The number of nitrogens with zero attached hydrogens (tertiary/aromatic N) is 2. The number of ether oxygens (including phenoxy) is 1. The Kier molecular flexibility index (Phi) is 7.20. The van der Waals surface area contributed by atoms with Crippen LogP contribution in [0.5, 0.6) is 0 Å². The third-order valence-corrected chi connectivity index (χ3v) is 5.81. The van der Waals surface area contributed by atoms with E-state index in [9.17, 15) is 14.4 Å². The minimum Gasteiger partial charge on any atom is -0.466 e. The first-order valence-corrected chi connectivity index (χ1v) is 9.98. The highest BCUT2D eigenvalue weighted by Crippen LogP contribution is 2.23. The van der Waals surface area contributed by atoms with Crippen molar-refractivity contribution in [2.24, 2.45) is 5.92 Å². The van der Waals surface area contributed by atoms with Crippen molar-refractivity contribution in [3.05, 3.63) is 21.4 Å². The summed E-state index contributed by atoms with van der Waals surface area (Å²) in [6, 6.07) is 1.92.